The smallest absolute Gasteiger partial charge is 0.0743 e. The fraction of sp³-hybridized carbons (Fsp3) is 0.333. The summed E-state index contributed by atoms with van der Waals surface area (Å²) in [5, 5.41) is 0. The van der Waals surface area contributed by atoms with E-state index in [9.17, 15) is 4.21 Å². The van der Waals surface area contributed by atoms with E-state index in [2.05, 4.69) is 4.36 Å². The molecule has 0 heterocycles. The molecule has 0 saturated heterocycles. The zero-order valence-corrected chi connectivity index (χ0v) is 8.67. The Hall–Kier alpha value is -1.03. The third-order valence-electron chi connectivity index (χ3n) is 1.70. The minimum atomic E-state index is -2.29. The van der Waals surface area contributed by atoms with Crippen molar-refractivity contribution in [2.45, 2.75) is 11.8 Å². The fourth-order valence-corrected chi connectivity index (χ4v) is 2.61. The van der Waals surface area contributed by atoms with Crippen LogP contribution in [0.25, 0.3) is 0 Å². The van der Waals surface area contributed by atoms with Crippen molar-refractivity contribution in [3.05, 3.63) is 24.3 Å². The van der Waals surface area contributed by atoms with Crippen LogP contribution in [0, 0.1) is 0 Å². The molecule has 4 heteroatoms. The molecule has 2 N–H and O–H groups in total. The molecule has 0 radical (unpaired) electrons. The van der Waals surface area contributed by atoms with Crippen molar-refractivity contribution in [2.75, 3.05) is 18.5 Å². The second-order valence-electron chi connectivity index (χ2n) is 2.79. The molecule has 72 valence electrons. The van der Waals surface area contributed by atoms with E-state index in [4.69, 9.17) is 5.73 Å². The van der Waals surface area contributed by atoms with E-state index in [-0.39, 0.29) is 0 Å². The zero-order valence-electron chi connectivity index (χ0n) is 7.86. The first kappa shape index (κ1) is 10.1. The van der Waals surface area contributed by atoms with Crippen molar-refractivity contribution in [1.82, 2.24) is 0 Å². The number of nitrogen functional groups attached to an aromatic ring is 1. The predicted octanol–water partition coefficient (Wildman–Crippen LogP) is 1.75. The van der Waals surface area contributed by atoms with Crippen LogP contribution in [0.1, 0.15) is 6.92 Å². The maximum atomic E-state index is 12.0. The topological polar surface area (TPSA) is 55.5 Å². The van der Waals surface area contributed by atoms with Gasteiger partial charge in [0.15, 0.2) is 0 Å². The van der Waals surface area contributed by atoms with E-state index >= 15 is 0 Å². The van der Waals surface area contributed by atoms with Gasteiger partial charge in [0.2, 0.25) is 0 Å². The number of benzene rings is 1. The summed E-state index contributed by atoms with van der Waals surface area (Å²) >= 11 is 0. The molecule has 0 saturated carbocycles. The molecule has 0 aromatic heterocycles. The Morgan fingerprint density at radius 3 is 2.62 bits per heavy atom. The van der Waals surface area contributed by atoms with Gasteiger partial charge in [0.1, 0.15) is 0 Å². The van der Waals surface area contributed by atoms with Crippen molar-refractivity contribution in [2.24, 2.45) is 4.36 Å². The molecule has 1 unspecified atom stereocenters. The number of rotatable bonds is 2. The van der Waals surface area contributed by atoms with Crippen LogP contribution in [0.15, 0.2) is 33.5 Å². The van der Waals surface area contributed by atoms with Crippen LogP contribution in [-0.4, -0.2) is 17.0 Å². The Morgan fingerprint density at radius 1 is 1.46 bits per heavy atom. The number of nitrogens with zero attached hydrogens (tertiary/aromatic N) is 1. The lowest BCUT2D eigenvalue weighted by atomic mass is 10.3. The quantitative estimate of drug-likeness (QED) is 0.736. The van der Waals surface area contributed by atoms with Crippen LogP contribution >= 0.6 is 0 Å². The number of anilines is 1. The number of hydrogen-bond acceptors (Lipinski definition) is 3. The molecule has 0 spiro atoms. The Kier molecular flexibility index (Phi) is 2.93. The van der Waals surface area contributed by atoms with Crippen molar-refractivity contribution >= 4 is 15.4 Å². The fourth-order valence-electron chi connectivity index (χ4n) is 1.14. The Bertz CT molecular complexity index is 406. The Morgan fingerprint density at radius 2 is 2.08 bits per heavy atom. The number of para-hydroxylation sites is 1. The third-order valence-corrected chi connectivity index (χ3v) is 3.64. The summed E-state index contributed by atoms with van der Waals surface area (Å²) in [5.41, 5.74) is 6.25. The summed E-state index contributed by atoms with van der Waals surface area (Å²) in [6, 6.07) is 7.14. The van der Waals surface area contributed by atoms with Crippen LogP contribution in [0.2, 0.25) is 0 Å². The third kappa shape index (κ3) is 2.21. The lowest BCUT2D eigenvalue weighted by Gasteiger charge is -2.06. The van der Waals surface area contributed by atoms with Crippen molar-refractivity contribution in [1.29, 1.82) is 0 Å². The van der Waals surface area contributed by atoms with Gasteiger partial charge in [-0.25, -0.2) is 8.57 Å². The average Bonchev–Trinajstić information content (AvgIpc) is 2.04. The minimum Gasteiger partial charge on any atom is -0.398 e. The Labute approximate surface area is 79.1 Å². The van der Waals surface area contributed by atoms with Gasteiger partial charge in [-0.15, -0.1) is 0 Å². The molecule has 3 nitrogen and oxygen atoms in total. The minimum absolute atomic E-state index is 0.545. The van der Waals surface area contributed by atoms with Crippen LogP contribution in [0.4, 0.5) is 5.69 Å². The second kappa shape index (κ2) is 3.79. The molecule has 0 fully saturated rings. The van der Waals surface area contributed by atoms with Crippen molar-refractivity contribution in [3.8, 4) is 0 Å². The Balaban J connectivity index is 3.31. The summed E-state index contributed by atoms with van der Waals surface area (Å²) in [6.07, 6.45) is 1.61. The zero-order chi connectivity index (χ0) is 9.90. The van der Waals surface area contributed by atoms with Crippen LogP contribution in [0.3, 0.4) is 0 Å². The standard InChI is InChI=1S/C9H14N2OS/c1-3-11-13(2,12)9-7-5-4-6-8(9)10/h4-7H,3,10H2,1-2H3. The summed E-state index contributed by atoms with van der Waals surface area (Å²) in [5.74, 6) is 0. The molecule has 0 aliphatic rings. The normalized spacial score (nSPS) is 14.9. The van der Waals surface area contributed by atoms with Gasteiger partial charge >= 0.3 is 0 Å². The molecule has 0 aliphatic carbocycles. The van der Waals surface area contributed by atoms with Gasteiger partial charge in [0.25, 0.3) is 0 Å². The highest BCUT2D eigenvalue weighted by atomic mass is 32.2. The summed E-state index contributed by atoms with van der Waals surface area (Å²) < 4.78 is 16.0. The van der Waals surface area contributed by atoms with Gasteiger partial charge in [-0.1, -0.05) is 12.1 Å². The monoisotopic (exact) mass is 198 g/mol. The molecular formula is C9H14N2OS. The maximum Gasteiger partial charge on any atom is 0.0743 e. The van der Waals surface area contributed by atoms with Crippen LogP contribution < -0.4 is 5.73 Å². The number of hydrogen-bond donors (Lipinski definition) is 1. The molecular weight excluding hydrogens is 184 g/mol. The first-order valence-electron chi connectivity index (χ1n) is 4.10. The second-order valence-corrected chi connectivity index (χ2v) is 5.09. The maximum absolute atomic E-state index is 12.0. The van der Waals surface area contributed by atoms with E-state index in [1.165, 1.54) is 0 Å². The summed E-state index contributed by atoms with van der Waals surface area (Å²) in [7, 11) is -2.29. The average molecular weight is 198 g/mol. The van der Waals surface area contributed by atoms with Gasteiger partial charge in [-0.2, -0.15) is 0 Å². The predicted molar refractivity (Wildman–Crippen MR) is 56.2 cm³/mol. The highest BCUT2D eigenvalue weighted by Gasteiger charge is 2.07. The van der Waals surface area contributed by atoms with E-state index in [0.29, 0.717) is 17.1 Å². The van der Waals surface area contributed by atoms with Gasteiger partial charge in [0.05, 0.1) is 14.6 Å². The summed E-state index contributed by atoms with van der Waals surface area (Å²) in [6.45, 7) is 2.41. The first-order valence-corrected chi connectivity index (χ1v) is 6.02. The molecule has 13 heavy (non-hydrogen) atoms. The van der Waals surface area contributed by atoms with E-state index in [1.807, 2.05) is 19.1 Å². The van der Waals surface area contributed by atoms with Gasteiger partial charge in [-0.3, -0.25) is 0 Å². The van der Waals surface area contributed by atoms with Gasteiger partial charge < -0.3 is 5.73 Å². The van der Waals surface area contributed by atoms with Crippen LogP contribution in [0.5, 0.6) is 0 Å². The first-order chi connectivity index (χ1) is 6.08. The molecule has 1 rings (SSSR count). The highest BCUT2D eigenvalue weighted by Crippen LogP contribution is 2.18. The van der Waals surface area contributed by atoms with Crippen LogP contribution in [-0.2, 0) is 9.73 Å². The molecule has 0 aliphatic heterocycles. The number of nitrogens with two attached hydrogens (primary N) is 1. The molecule has 1 aromatic rings. The van der Waals surface area contributed by atoms with E-state index in [1.54, 1.807) is 18.4 Å². The van der Waals surface area contributed by atoms with Crippen molar-refractivity contribution in [3.63, 3.8) is 0 Å². The van der Waals surface area contributed by atoms with Gasteiger partial charge in [-0.05, 0) is 19.1 Å². The summed E-state index contributed by atoms with van der Waals surface area (Å²) in [4.78, 5) is 0.636. The largest absolute Gasteiger partial charge is 0.398 e. The lowest BCUT2D eigenvalue weighted by Crippen LogP contribution is -2.02. The highest BCUT2D eigenvalue weighted by molar-refractivity contribution is 7.93. The van der Waals surface area contributed by atoms with Gasteiger partial charge in [0, 0.05) is 18.5 Å². The lowest BCUT2D eigenvalue weighted by molar-refractivity contribution is 0.679. The van der Waals surface area contributed by atoms with E-state index < -0.39 is 9.73 Å². The molecule has 0 amide bonds. The molecule has 0 bridgehead atoms. The molecule has 1 atom stereocenters. The SMILES string of the molecule is CCN=S(C)(=O)c1ccccc1N. The van der Waals surface area contributed by atoms with E-state index in [0.717, 1.165) is 0 Å². The molecule has 1 aromatic carbocycles. The van der Waals surface area contributed by atoms with Crippen molar-refractivity contribution < 1.29 is 4.21 Å².